The molecule has 0 spiro atoms. The van der Waals surface area contributed by atoms with Gasteiger partial charge in [0.1, 0.15) is 0 Å². The van der Waals surface area contributed by atoms with E-state index < -0.39 is 6.10 Å². The van der Waals surface area contributed by atoms with Crippen LogP contribution < -0.4 is 0 Å². The first kappa shape index (κ1) is 12.9. The maximum absolute atomic E-state index is 9.36. The van der Waals surface area contributed by atoms with Gasteiger partial charge in [0.2, 0.25) is 0 Å². The van der Waals surface area contributed by atoms with Crippen LogP contribution in [0.3, 0.4) is 0 Å². The summed E-state index contributed by atoms with van der Waals surface area (Å²) in [5.74, 6) is 0. The van der Waals surface area contributed by atoms with Gasteiger partial charge in [-0.1, -0.05) is 13.3 Å². The van der Waals surface area contributed by atoms with Crippen molar-refractivity contribution in [2.45, 2.75) is 51.9 Å². The van der Waals surface area contributed by atoms with Crippen LogP contribution in [-0.2, 0) is 9.47 Å². The van der Waals surface area contributed by atoms with Crippen LogP contribution in [0.4, 0.5) is 0 Å². The monoisotopic (exact) mass is 190 g/mol. The second-order valence-electron chi connectivity index (χ2n) is 3.45. The average molecular weight is 190 g/mol. The van der Waals surface area contributed by atoms with E-state index in [0.29, 0.717) is 6.61 Å². The molecule has 0 saturated heterocycles. The lowest BCUT2D eigenvalue weighted by Crippen LogP contribution is -2.29. The molecule has 0 saturated carbocycles. The SMILES string of the molecule is CCCC(OCC(C)OC)C(C)O. The maximum atomic E-state index is 9.36. The zero-order valence-corrected chi connectivity index (χ0v) is 9.12. The van der Waals surface area contributed by atoms with Gasteiger partial charge in [0.25, 0.3) is 0 Å². The number of methoxy groups -OCH3 is 1. The van der Waals surface area contributed by atoms with E-state index in [1.165, 1.54) is 0 Å². The summed E-state index contributed by atoms with van der Waals surface area (Å²) in [6.07, 6.45) is 1.56. The van der Waals surface area contributed by atoms with E-state index in [-0.39, 0.29) is 12.2 Å². The van der Waals surface area contributed by atoms with Crippen molar-refractivity contribution < 1.29 is 14.6 Å². The van der Waals surface area contributed by atoms with Crippen LogP contribution in [-0.4, -0.2) is 37.1 Å². The van der Waals surface area contributed by atoms with Crippen LogP contribution in [0.25, 0.3) is 0 Å². The van der Waals surface area contributed by atoms with E-state index in [2.05, 4.69) is 6.92 Å². The smallest absolute Gasteiger partial charge is 0.0832 e. The van der Waals surface area contributed by atoms with Crippen LogP contribution in [0.5, 0.6) is 0 Å². The molecule has 0 aromatic rings. The van der Waals surface area contributed by atoms with Crippen molar-refractivity contribution in [2.24, 2.45) is 0 Å². The molecule has 0 aromatic carbocycles. The topological polar surface area (TPSA) is 38.7 Å². The van der Waals surface area contributed by atoms with Gasteiger partial charge in [-0.25, -0.2) is 0 Å². The summed E-state index contributed by atoms with van der Waals surface area (Å²) in [5, 5.41) is 9.36. The lowest BCUT2D eigenvalue weighted by molar-refractivity contribution is -0.0682. The minimum absolute atomic E-state index is 0.0531. The zero-order valence-electron chi connectivity index (χ0n) is 9.12. The van der Waals surface area contributed by atoms with Crippen LogP contribution in [0.1, 0.15) is 33.6 Å². The molecule has 3 nitrogen and oxygen atoms in total. The van der Waals surface area contributed by atoms with Gasteiger partial charge in [-0.15, -0.1) is 0 Å². The van der Waals surface area contributed by atoms with Gasteiger partial charge in [0.05, 0.1) is 24.9 Å². The molecule has 0 heterocycles. The molecule has 3 atom stereocenters. The summed E-state index contributed by atoms with van der Waals surface area (Å²) in [5.41, 5.74) is 0. The van der Waals surface area contributed by atoms with Crippen molar-refractivity contribution in [3.8, 4) is 0 Å². The maximum Gasteiger partial charge on any atom is 0.0832 e. The first-order chi connectivity index (χ1) is 6.11. The van der Waals surface area contributed by atoms with E-state index in [9.17, 15) is 5.11 Å². The number of rotatable bonds is 7. The lowest BCUT2D eigenvalue weighted by atomic mass is 10.1. The molecule has 0 rings (SSSR count). The summed E-state index contributed by atoms with van der Waals surface area (Å²) in [4.78, 5) is 0. The van der Waals surface area contributed by atoms with Gasteiger partial charge < -0.3 is 14.6 Å². The zero-order chi connectivity index (χ0) is 10.3. The summed E-state index contributed by atoms with van der Waals surface area (Å²) in [7, 11) is 1.66. The van der Waals surface area contributed by atoms with E-state index in [1.54, 1.807) is 14.0 Å². The molecule has 3 unspecified atom stereocenters. The molecule has 0 aliphatic carbocycles. The molecule has 0 amide bonds. The largest absolute Gasteiger partial charge is 0.391 e. The standard InChI is InChI=1S/C10H22O3/c1-5-6-10(9(3)11)13-7-8(2)12-4/h8-11H,5-7H2,1-4H3. The van der Waals surface area contributed by atoms with E-state index in [1.807, 2.05) is 6.92 Å². The van der Waals surface area contributed by atoms with Gasteiger partial charge in [-0.05, 0) is 20.3 Å². The molecule has 0 aliphatic rings. The number of hydrogen-bond donors (Lipinski definition) is 1. The van der Waals surface area contributed by atoms with Gasteiger partial charge >= 0.3 is 0 Å². The van der Waals surface area contributed by atoms with Crippen molar-refractivity contribution >= 4 is 0 Å². The highest BCUT2D eigenvalue weighted by Crippen LogP contribution is 2.08. The minimum atomic E-state index is -0.399. The fourth-order valence-electron chi connectivity index (χ4n) is 1.08. The van der Waals surface area contributed by atoms with E-state index in [4.69, 9.17) is 9.47 Å². The minimum Gasteiger partial charge on any atom is -0.391 e. The van der Waals surface area contributed by atoms with Crippen LogP contribution in [0.2, 0.25) is 0 Å². The molecule has 3 heteroatoms. The molecular formula is C10H22O3. The Hall–Kier alpha value is -0.120. The quantitative estimate of drug-likeness (QED) is 0.662. The fourth-order valence-corrected chi connectivity index (χ4v) is 1.08. The third-order valence-corrected chi connectivity index (χ3v) is 2.06. The molecule has 80 valence electrons. The van der Waals surface area contributed by atoms with Crippen molar-refractivity contribution in [3.63, 3.8) is 0 Å². The van der Waals surface area contributed by atoms with Crippen molar-refractivity contribution in [1.29, 1.82) is 0 Å². The molecule has 0 fully saturated rings. The summed E-state index contributed by atoms with van der Waals surface area (Å²) >= 11 is 0. The molecule has 0 aliphatic heterocycles. The summed E-state index contributed by atoms with van der Waals surface area (Å²) in [6.45, 7) is 6.34. The molecule has 0 radical (unpaired) electrons. The second kappa shape index (κ2) is 7.30. The highest BCUT2D eigenvalue weighted by Gasteiger charge is 2.15. The van der Waals surface area contributed by atoms with Crippen LogP contribution in [0, 0.1) is 0 Å². The Morgan fingerprint density at radius 3 is 2.31 bits per heavy atom. The Morgan fingerprint density at radius 1 is 1.31 bits per heavy atom. The highest BCUT2D eigenvalue weighted by atomic mass is 16.5. The Labute approximate surface area is 81.0 Å². The molecule has 0 bridgehead atoms. The number of hydrogen-bond acceptors (Lipinski definition) is 3. The molecule has 1 N–H and O–H groups in total. The predicted molar refractivity (Wildman–Crippen MR) is 52.8 cm³/mol. The van der Waals surface area contributed by atoms with E-state index in [0.717, 1.165) is 12.8 Å². The Morgan fingerprint density at radius 2 is 1.92 bits per heavy atom. The summed E-state index contributed by atoms with van der Waals surface area (Å²) in [6, 6.07) is 0. The predicted octanol–water partition coefficient (Wildman–Crippen LogP) is 1.59. The Kier molecular flexibility index (Phi) is 7.23. The van der Waals surface area contributed by atoms with E-state index >= 15 is 0 Å². The lowest BCUT2D eigenvalue weighted by Gasteiger charge is -2.21. The third kappa shape index (κ3) is 6.02. The Balaban J connectivity index is 3.68. The molecular weight excluding hydrogens is 168 g/mol. The van der Waals surface area contributed by atoms with Crippen molar-refractivity contribution in [2.75, 3.05) is 13.7 Å². The van der Waals surface area contributed by atoms with Crippen molar-refractivity contribution in [1.82, 2.24) is 0 Å². The molecule has 0 aromatic heterocycles. The third-order valence-electron chi connectivity index (χ3n) is 2.06. The average Bonchev–Trinajstić information content (AvgIpc) is 2.11. The van der Waals surface area contributed by atoms with Crippen LogP contribution >= 0.6 is 0 Å². The number of ether oxygens (including phenoxy) is 2. The second-order valence-corrected chi connectivity index (χ2v) is 3.45. The first-order valence-electron chi connectivity index (χ1n) is 4.94. The van der Waals surface area contributed by atoms with Gasteiger partial charge in [0, 0.05) is 7.11 Å². The van der Waals surface area contributed by atoms with Gasteiger partial charge in [-0.2, -0.15) is 0 Å². The highest BCUT2D eigenvalue weighted by molar-refractivity contribution is 4.64. The van der Waals surface area contributed by atoms with Gasteiger partial charge in [-0.3, -0.25) is 0 Å². The van der Waals surface area contributed by atoms with Crippen LogP contribution in [0.15, 0.2) is 0 Å². The first-order valence-corrected chi connectivity index (χ1v) is 4.94. The Bertz CT molecular complexity index is 115. The number of aliphatic hydroxyl groups excluding tert-OH is 1. The van der Waals surface area contributed by atoms with Crippen molar-refractivity contribution in [3.05, 3.63) is 0 Å². The molecule has 13 heavy (non-hydrogen) atoms. The summed E-state index contributed by atoms with van der Waals surface area (Å²) < 4.78 is 10.6. The fraction of sp³-hybridized carbons (Fsp3) is 1.00. The normalized spacial score (nSPS) is 18.2. The van der Waals surface area contributed by atoms with Gasteiger partial charge in [0.15, 0.2) is 0 Å². The number of aliphatic hydroxyl groups is 1.